The van der Waals surface area contributed by atoms with Crippen molar-refractivity contribution < 1.29 is 19.4 Å². The second-order valence-corrected chi connectivity index (χ2v) is 5.37. The standard InChI is InChI=1S/C11H20N2O4S/c1-17-5-4-13(8-10(14)15)11(16)12-9-2-6-18-7-3-9/h9H,2-8H2,1H3,(H,12,16)(H,14,15). The molecule has 1 saturated heterocycles. The minimum absolute atomic E-state index is 0.164. The highest BCUT2D eigenvalue weighted by Gasteiger charge is 2.21. The van der Waals surface area contributed by atoms with Gasteiger partial charge in [-0.2, -0.15) is 11.8 Å². The van der Waals surface area contributed by atoms with Gasteiger partial charge in [-0.1, -0.05) is 0 Å². The van der Waals surface area contributed by atoms with Gasteiger partial charge in [0.05, 0.1) is 6.61 Å². The molecule has 1 aliphatic heterocycles. The highest BCUT2D eigenvalue weighted by atomic mass is 32.2. The predicted molar refractivity (Wildman–Crippen MR) is 70.0 cm³/mol. The van der Waals surface area contributed by atoms with Gasteiger partial charge in [0.1, 0.15) is 6.54 Å². The van der Waals surface area contributed by atoms with Gasteiger partial charge in [0.25, 0.3) is 0 Å². The summed E-state index contributed by atoms with van der Waals surface area (Å²) in [5, 5.41) is 11.7. The summed E-state index contributed by atoms with van der Waals surface area (Å²) in [5.41, 5.74) is 0. The molecule has 0 aliphatic carbocycles. The fourth-order valence-electron chi connectivity index (χ4n) is 1.72. The topological polar surface area (TPSA) is 78.9 Å². The number of amides is 2. The summed E-state index contributed by atoms with van der Waals surface area (Å²) in [7, 11) is 1.52. The second kappa shape index (κ2) is 8.20. The summed E-state index contributed by atoms with van der Waals surface area (Å²) in [6.07, 6.45) is 1.89. The van der Waals surface area contributed by atoms with E-state index >= 15 is 0 Å². The highest BCUT2D eigenvalue weighted by Crippen LogP contribution is 2.17. The predicted octanol–water partition coefficient (Wildman–Crippen LogP) is 0.625. The molecular formula is C11H20N2O4S. The van der Waals surface area contributed by atoms with Crippen molar-refractivity contribution >= 4 is 23.8 Å². The zero-order valence-electron chi connectivity index (χ0n) is 10.6. The average molecular weight is 276 g/mol. The van der Waals surface area contributed by atoms with Crippen LogP contribution in [0.15, 0.2) is 0 Å². The second-order valence-electron chi connectivity index (χ2n) is 4.14. The third-order valence-electron chi connectivity index (χ3n) is 2.73. The van der Waals surface area contributed by atoms with E-state index in [2.05, 4.69) is 5.32 Å². The number of carbonyl (C=O) groups excluding carboxylic acids is 1. The monoisotopic (exact) mass is 276 g/mol. The van der Waals surface area contributed by atoms with Gasteiger partial charge in [-0.05, 0) is 24.3 Å². The Balaban J connectivity index is 2.43. The fourth-order valence-corrected chi connectivity index (χ4v) is 2.83. The van der Waals surface area contributed by atoms with Gasteiger partial charge in [-0.15, -0.1) is 0 Å². The van der Waals surface area contributed by atoms with Crippen molar-refractivity contribution in [3.63, 3.8) is 0 Å². The quantitative estimate of drug-likeness (QED) is 0.743. The number of thioether (sulfide) groups is 1. The number of aliphatic carboxylic acids is 1. The van der Waals surface area contributed by atoms with Crippen LogP contribution in [0.3, 0.4) is 0 Å². The lowest BCUT2D eigenvalue weighted by molar-refractivity contribution is -0.137. The van der Waals surface area contributed by atoms with E-state index in [4.69, 9.17) is 9.84 Å². The fraction of sp³-hybridized carbons (Fsp3) is 0.818. The molecule has 7 heteroatoms. The molecule has 2 N–H and O–H groups in total. The molecule has 0 aromatic heterocycles. The molecule has 0 saturated carbocycles. The Morgan fingerprint density at radius 1 is 1.44 bits per heavy atom. The van der Waals surface area contributed by atoms with Crippen LogP contribution in [0.25, 0.3) is 0 Å². The van der Waals surface area contributed by atoms with Crippen LogP contribution >= 0.6 is 11.8 Å². The first-order chi connectivity index (χ1) is 8.63. The van der Waals surface area contributed by atoms with Gasteiger partial charge in [0.2, 0.25) is 0 Å². The number of hydrogen-bond donors (Lipinski definition) is 2. The number of methoxy groups -OCH3 is 1. The van der Waals surface area contributed by atoms with Gasteiger partial charge in [-0.3, -0.25) is 4.79 Å². The molecular weight excluding hydrogens is 256 g/mol. The molecule has 0 atom stereocenters. The van der Waals surface area contributed by atoms with Crippen LogP contribution in [0.2, 0.25) is 0 Å². The van der Waals surface area contributed by atoms with Crippen molar-refractivity contribution in [3.05, 3.63) is 0 Å². The molecule has 0 spiro atoms. The molecule has 0 radical (unpaired) electrons. The third kappa shape index (κ3) is 5.59. The Kier molecular flexibility index (Phi) is 6.89. The SMILES string of the molecule is COCCN(CC(=O)O)C(=O)NC1CCSCC1. The zero-order valence-corrected chi connectivity index (χ0v) is 11.4. The summed E-state index contributed by atoms with van der Waals surface area (Å²) < 4.78 is 4.88. The number of hydrogen-bond acceptors (Lipinski definition) is 4. The van der Waals surface area contributed by atoms with Crippen molar-refractivity contribution in [1.29, 1.82) is 0 Å². The van der Waals surface area contributed by atoms with E-state index in [1.54, 1.807) is 0 Å². The minimum Gasteiger partial charge on any atom is -0.480 e. The molecule has 1 aliphatic rings. The van der Waals surface area contributed by atoms with Gasteiger partial charge in [-0.25, -0.2) is 4.79 Å². The van der Waals surface area contributed by atoms with Crippen molar-refractivity contribution in [3.8, 4) is 0 Å². The number of urea groups is 1. The van der Waals surface area contributed by atoms with Gasteiger partial charge in [0.15, 0.2) is 0 Å². The van der Waals surface area contributed by atoms with E-state index in [0.29, 0.717) is 6.61 Å². The number of nitrogens with zero attached hydrogens (tertiary/aromatic N) is 1. The molecule has 0 bridgehead atoms. The zero-order chi connectivity index (χ0) is 13.4. The molecule has 0 unspecified atom stereocenters. The molecule has 6 nitrogen and oxygen atoms in total. The van der Waals surface area contributed by atoms with E-state index in [1.165, 1.54) is 12.0 Å². The van der Waals surface area contributed by atoms with Crippen molar-refractivity contribution in [2.45, 2.75) is 18.9 Å². The summed E-state index contributed by atoms with van der Waals surface area (Å²) in [6, 6.07) is -0.149. The lowest BCUT2D eigenvalue weighted by Gasteiger charge is -2.27. The van der Waals surface area contributed by atoms with E-state index in [0.717, 1.165) is 24.3 Å². The maximum Gasteiger partial charge on any atom is 0.323 e. The summed E-state index contributed by atoms with van der Waals surface area (Å²) in [4.78, 5) is 23.9. The third-order valence-corrected chi connectivity index (χ3v) is 3.78. The van der Waals surface area contributed by atoms with Crippen LogP contribution in [-0.4, -0.2) is 66.4 Å². The molecule has 1 fully saturated rings. The Bertz CT molecular complexity index is 282. The number of nitrogens with one attached hydrogen (secondary N) is 1. The Labute approximate surface area is 111 Å². The van der Waals surface area contributed by atoms with Crippen LogP contribution in [0.4, 0.5) is 4.79 Å². The maximum atomic E-state index is 11.9. The Hall–Kier alpha value is -0.950. The Morgan fingerprint density at radius 3 is 2.67 bits per heavy atom. The van der Waals surface area contributed by atoms with Crippen LogP contribution in [0.1, 0.15) is 12.8 Å². The number of ether oxygens (including phenoxy) is 1. The first kappa shape index (κ1) is 15.1. The molecule has 0 aromatic rings. The maximum absolute atomic E-state index is 11.9. The van der Waals surface area contributed by atoms with E-state index in [9.17, 15) is 9.59 Å². The number of carboxylic acid groups (broad SMARTS) is 1. The molecule has 104 valence electrons. The van der Waals surface area contributed by atoms with E-state index < -0.39 is 5.97 Å². The molecule has 0 aromatic carbocycles. The lowest BCUT2D eigenvalue weighted by atomic mass is 10.1. The number of carbonyl (C=O) groups is 2. The number of rotatable bonds is 6. The Morgan fingerprint density at radius 2 is 2.11 bits per heavy atom. The molecule has 1 rings (SSSR count). The number of carboxylic acids is 1. The smallest absolute Gasteiger partial charge is 0.323 e. The van der Waals surface area contributed by atoms with Crippen molar-refractivity contribution in [1.82, 2.24) is 10.2 Å². The minimum atomic E-state index is -1.01. The summed E-state index contributed by atoms with van der Waals surface area (Å²) in [5.74, 6) is 1.07. The normalized spacial score (nSPS) is 16.3. The van der Waals surface area contributed by atoms with Gasteiger partial charge in [0, 0.05) is 19.7 Å². The molecule has 1 heterocycles. The largest absolute Gasteiger partial charge is 0.480 e. The first-order valence-electron chi connectivity index (χ1n) is 5.97. The van der Waals surface area contributed by atoms with Gasteiger partial charge < -0.3 is 20.1 Å². The molecule has 2 amide bonds. The summed E-state index contributed by atoms with van der Waals surface area (Å²) >= 11 is 1.88. The first-order valence-corrected chi connectivity index (χ1v) is 7.13. The lowest BCUT2D eigenvalue weighted by Crippen LogP contribution is -2.48. The van der Waals surface area contributed by atoms with Crippen LogP contribution in [0.5, 0.6) is 0 Å². The van der Waals surface area contributed by atoms with E-state index in [-0.39, 0.29) is 25.2 Å². The summed E-state index contributed by atoms with van der Waals surface area (Å²) in [6.45, 7) is 0.327. The van der Waals surface area contributed by atoms with Crippen LogP contribution in [0, 0.1) is 0 Å². The average Bonchev–Trinajstić information content (AvgIpc) is 2.35. The van der Waals surface area contributed by atoms with Crippen molar-refractivity contribution in [2.75, 3.05) is 38.3 Å². The van der Waals surface area contributed by atoms with Crippen LogP contribution < -0.4 is 5.32 Å². The van der Waals surface area contributed by atoms with Crippen molar-refractivity contribution in [2.24, 2.45) is 0 Å². The molecule has 18 heavy (non-hydrogen) atoms. The van der Waals surface area contributed by atoms with Gasteiger partial charge >= 0.3 is 12.0 Å². The van der Waals surface area contributed by atoms with E-state index in [1.807, 2.05) is 11.8 Å². The van der Waals surface area contributed by atoms with Crippen LogP contribution in [-0.2, 0) is 9.53 Å². The highest BCUT2D eigenvalue weighted by molar-refractivity contribution is 7.99.